The quantitative estimate of drug-likeness (QED) is 0.732. The molecule has 0 spiro atoms. The predicted octanol–water partition coefficient (Wildman–Crippen LogP) is 0.814. The van der Waals surface area contributed by atoms with Crippen LogP contribution in [0.2, 0.25) is 0 Å². The number of aromatic nitrogens is 4. The van der Waals surface area contributed by atoms with E-state index in [1.165, 1.54) is 0 Å². The largest absolute Gasteiger partial charge is 0.379 e. The number of fused-ring (bicyclic) bond motifs is 1. The zero-order valence-corrected chi connectivity index (χ0v) is 14.3. The van der Waals surface area contributed by atoms with Crippen molar-refractivity contribution in [3.8, 4) is 0 Å². The number of nitrogens with one attached hydrogen (secondary N) is 1. The second-order valence-electron chi connectivity index (χ2n) is 6.11. The van der Waals surface area contributed by atoms with Gasteiger partial charge < -0.3 is 10.1 Å². The van der Waals surface area contributed by atoms with E-state index in [0.717, 1.165) is 11.3 Å². The fraction of sp³-hybridized carbons (Fsp3) is 0.333. The first-order chi connectivity index (χ1) is 12.8. The van der Waals surface area contributed by atoms with Crippen LogP contribution >= 0.6 is 0 Å². The Morgan fingerprint density at radius 2 is 2.15 bits per heavy atom. The van der Waals surface area contributed by atoms with Crippen LogP contribution in [-0.2, 0) is 16.1 Å². The number of amides is 1. The van der Waals surface area contributed by atoms with Gasteiger partial charge in [-0.3, -0.25) is 19.1 Å². The Balaban J connectivity index is 1.50. The van der Waals surface area contributed by atoms with E-state index in [0.29, 0.717) is 38.6 Å². The summed E-state index contributed by atoms with van der Waals surface area (Å²) in [6.07, 6.45) is 8.90. The molecule has 0 unspecified atom stereocenters. The third-order valence-corrected chi connectivity index (χ3v) is 4.39. The third kappa shape index (κ3) is 3.56. The van der Waals surface area contributed by atoms with Crippen molar-refractivity contribution in [3.63, 3.8) is 0 Å². The minimum absolute atomic E-state index is 0.0649. The summed E-state index contributed by atoms with van der Waals surface area (Å²) in [4.78, 5) is 27.9. The van der Waals surface area contributed by atoms with Gasteiger partial charge in [-0.15, -0.1) is 0 Å². The summed E-state index contributed by atoms with van der Waals surface area (Å²) in [7, 11) is 0. The van der Waals surface area contributed by atoms with Gasteiger partial charge in [0.1, 0.15) is 6.04 Å². The van der Waals surface area contributed by atoms with Crippen LogP contribution in [0, 0.1) is 0 Å². The van der Waals surface area contributed by atoms with E-state index < -0.39 is 0 Å². The van der Waals surface area contributed by atoms with Crippen molar-refractivity contribution in [2.75, 3.05) is 26.3 Å². The summed E-state index contributed by atoms with van der Waals surface area (Å²) in [5, 5.41) is 3.00. The van der Waals surface area contributed by atoms with Crippen LogP contribution in [0.3, 0.4) is 0 Å². The molecule has 3 aromatic rings. The molecule has 0 saturated carbocycles. The van der Waals surface area contributed by atoms with E-state index in [1.54, 1.807) is 18.6 Å². The van der Waals surface area contributed by atoms with Crippen LogP contribution in [0.15, 0.2) is 49.2 Å². The van der Waals surface area contributed by atoms with Gasteiger partial charge in [-0.25, -0.2) is 9.97 Å². The summed E-state index contributed by atoms with van der Waals surface area (Å²) in [6, 6.07) is 5.24. The number of nitrogens with zero attached hydrogens (tertiary/aromatic N) is 5. The van der Waals surface area contributed by atoms with E-state index in [-0.39, 0.29) is 11.9 Å². The van der Waals surface area contributed by atoms with Gasteiger partial charge in [0, 0.05) is 44.1 Å². The van der Waals surface area contributed by atoms with Crippen LogP contribution in [0.1, 0.15) is 17.3 Å². The molecule has 0 radical (unpaired) electrons. The van der Waals surface area contributed by atoms with Gasteiger partial charge in [-0.05, 0) is 17.7 Å². The minimum Gasteiger partial charge on any atom is -0.379 e. The molecule has 1 aliphatic rings. The van der Waals surface area contributed by atoms with Gasteiger partial charge >= 0.3 is 0 Å². The molecular formula is C18H20N6O2. The molecule has 8 nitrogen and oxygen atoms in total. The van der Waals surface area contributed by atoms with E-state index in [2.05, 4.69) is 25.2 Å². The molecule has 0 aromatic carbocycles. The highest BCUT2D eigenvalue weighted by atomic mass is 16.5. The second-order valence-corrected chi connectivity index (χ2v) is 6.11. The number of rotatable bonds is 5. The highest BCUT2D eigenvalue weighted by Gasteiger charge is 2.29. The zero-order chi connectivity index (χ0) is 17.8. The van der Waals surface area contributed by atoms with Gasteiger partial charge in [-0.2, -0.15) is 0 Å². The fourth-order valence-corrected chi connectivity index (χ4v) is 3.14. The molecule has 1 amide bonds. The lowest BCUT2D eigenvalue weighted by atomic mass is 10.1. The molecule has 26 heavy (non-hydrogen) atoms. The number of ether oxygens (including phenoxy) is 1. The molecule has 1 fully saturated rings. The Morgan fingerprint density at radius 3 is 2.92 bits per heavy atom. The number of pyridine rings is 1. The number of hydrogen-bond acceptors (Lipinski definition) is 6. The molecule has 1 atom stereocenters. The maximum absolute atomic E-state index is 13.0. The second kappa shape index (κ2) is 7.59. The summed E-state index contributed by atoms with van der Waals surface area (Å²) in [6.45, 7) is 3.03. The normalized spacial score (nSPS) is 16.5. The lowest BCUT2D eigenvalue weighted by Crippen LogP contribution is -2.45. The van der Waals surface area contributed by atoms with E-state index in [1.807, 2.05) is 35.0 Å². The predicted molar refractivity (Wildman–Crippen MR) is 94.2 cm³/mol. The Labute approximate surface area is 150 Å². The molecule has 3 aromatic heterocycles. The number of imidazole rings is 1. The smallest absolute Gasteiger partial charge is 0.242 e. The number of morpholine rings is 1. The first-order valence-electron chi connectivity index (χ1n) is 8.59. The Hall–Kier alpha value is -2.84. The molecule has 134 valence electrons. The molecule has 1 aliphatic heterocycles. The van der Waals surface area contributed by atoms with E-state index >= 15 is 0 Å². The maximum atomic E-state index is 13.0. The maximum Gasteiger partial charge on any atom is 0.242 e. The van der Waals surface area contributed by atoms with Gasteiger partial charge in [0.15, 0.2) is 0 Å². The number of hydrogen-bond donors (Lipinski definition) is 1. The SMILES string of the molecule is O=C(NCc1cn2cccnc2n1)[C@@H](c1cccnc1)N1CCOCC1. The Bertz CT molecular complexity index is 843. The molecule has 1 saturated heterocycles. The lowest BCUT2D eigenvalue weighted by molar-refractivity contribution is -0.128. The first kappa shape index (κ1) is 16.6. The van der Waals surface area contributed by atoms with Crippen LogP contribution in [0.25, 0.3) is 5.78 Å². The topological polar surface area (TPSA) is 84.7 Å². The molecule has 0 aliphatic carbocycles. The Kier molecular flexibility index (Phi) is 4.85. The average Bonchev–Trinajstić information content (AvgIpc) is 3.11. The molecule has 1 N–H and O–H groups in total. The van der Waals surface area contributed by atoms with E-state index in [4.69, 9.17) is 4.74 Å². The van der Waals surface area contributed by atoms with Gasteiger partial charge in [0.2, 0.25) is 11.7 Å². The van der Waals surface area contributed by atoms with Crippen LogP contribution in [0.5, 0.6) is 0 Å². The van der Waals surface area contributed by atoms with Gasteiger partial charge in [-0.1, -0.05) is 6.07 Å². The summed E-state index contributed by atoms with van der Waals surface area (Å²) >= 11 is 0. The van der Waals surface area contributed by atoms with Crippen LogP contribution in [0.4, 0.5) is 0 Å². The molecule has 4 heterocycles. The highest BCUT2D eigenvalue weighted by Crippen LogP contribution is 2.21. The van der Waals surface area contributed by atoms with Crippen molar-refractivity contribution in [2.24, 2.45) is 0 Å². The number of carbonyl (C=O) groups excluding carboxylic acids is 1. The zero-order valence-electron chi connectivity index (χ0n) is 14.3. The van der Waals surface area contributed by atoms with Crippen molar-refractivity contribution in [1.29, 1.82) is 0 Å². The van der Waals surface area contributed by atoms with Crippen molar-refractivity contribution >= 4 is 11.7 Å². The van der Waals surface area contributed by atoms with Gasteiger partial charge in [0.25, 0.3) is 0 Å². The standard InChI is InChI=1S/C18H20N6O2/c25-17(21-12-15-13-24-6-2-5-20-18(24)22-15)16(14-3-1-4-19-11-14)23-7-9-26-10-8-23/h1-6,11,13,16H,7-10,12H2,(H,21,25)/t16-/m1/s1. The molecule has 0 bridgehead atoms. The van der Waals surface area contributed by atoms with Crippen molar-refractivity contribution in [1.82, 2.24) is 29.6 Å². The number of carbonyl (C=O) groups is 1. The monoisotopic (exact) mass is 352 g/mol. The molecule has 8 heteroatoms. The Morgan fingerprint density at radius 1 is 1.27 bits per heavy atom. The molecular weight excluding hydrogens is 332 g/mol. The van der Waals surface area contributed by atoms with Gasteiger partial charge in [0.05, 0.1) is 25.5 Å². The first-order valence-corrected chi connectivity index (χ1v) is 8.59. The van der Waals surface area contributed by atoms with E-state index in [9.17, 15) is 4.79 Å². The minimum atomic E-state index is -0.386. The fourth-order valence-electron chi connectivity index (χ4n) is 3.14. The van der Waals surface area contributed by atoms with Crippen molar-refractivity contribution in [2.45, 2.75) is 12.6 Å². The van der Waals surface area contributed by atoms with Crippen LogP contribution < -0.4 is 5.32 Å². The lowest BCUT2D eigenvalue weighted by Gasteiger charge is -2.33. The van der Waals surface area contributed by atoms with Crippen LogP contribution in [-0.4, -0.2) is 56.5 Å². The molecule has 4 rings (SSSR count). The van der Waals surface area contributed by atoms with Crippen molar-refractivity contribution in [3.05, 3.63) is 60.4 Å². The highest BCUT2D eigenvalue weighted by molar-refractivity contribution is 5.83. The average molecular weight is 352 g/mol. The van der Waals surface area contributed by atoms with Crippen molar-refractivity contribution < 1.29 is 9.53 Å². The third-order valence-electron chi connectivity index (χ3n) is 4.39. The summed E-state index contributed by atoms with van der Waals surface area (Å²) in [5.41, 5.74) is 1.65. The summed E-state index contributed by atoms with van der Waals surface area (Å²) in [5.74, 6) is 0.554. The summed E-state index contributed by atoms with van der Waals surface area (Å²) < 4.78 is 7.26.